The molecule has 4 aliphatic rings. The van der Waals surface area contributed by atoms with Crippen LogP contribution >= 0.6 is 0 Å². The Morgan fingerprint density at radius 2 is 1.76 bits per heavy atom. The molecule has 25 heavy (non-hydrogen) atoms. The SMILES string of the molecule is CC(=O)O[C@@]1(C)CC[C@H]2[C@H]3CCC4=CC(=O)CC[C@]4(C)[C@@H]3CC[C@@]21C. The molecule has 4 aliphatic carbocycles. The summed E-state index contributed by atoms with van der Waals surface area (Å²) in [5, 5.41) is 0. The Hall–Kier alpha value is -1.12. The van der Waals surface area contributed by atoms with E-state index in [9.17, 15) is 9.59 Å². The molecule has 0 spiro atoms. The van der Waals surface area contributed by atoms with Crippen molar-refractivity contribution in [1.82, 2.24) is 0 Å². The van der Waals surface area contributed by atoms with Crippen LogP contribution in [0.5, 0.6) is 0 Å². The van der Waals surface area contributed by atoms with Crippen molar-refractivity contribution < 1.29 is 14.3 Å². The van der Waals surface area contributed by atoms with E-state index in [2.05, 4.69) is 20.8 Å². The van der Waals surface area contributed by atoms with Crippen LogP contribution in [0.4, 0.5) is 0 Å². The molecule has 4 rings (SSSR count). The molecule has 0 aromatic heterocycles. The lowest BCUT2D eigenvalue weighted by Crippen LogP contribution is -2.55. The normalized spacial score (nSPS) is 48.9. The van der Waals surface area contributed by atoms with Crippen LogP contribution in [0.25, 0.3) is 0 Å². The zero-order valence-corrected chi connectivity index (χ0v) is 16.2. The summed E-state index contributed by atoms with van der Waals surface area (Å²) < 4.78 is 5.90. The van der Waals surface area contributed by atoms with E-state index in [1.807, 2.05) is 6.08 Å². The second-order valence-electron chi connectivity index (χ2n) is 9.79. The van der Waals surface area contributed by atoms with Gasteiger partial charge in [0.2, 0.25) is 0 Å². The van der Waals surface area contributed by atoms with Gasteiger partial charge >= 0.3 is 5.97 Å². The molecule has 0 radical (unpaired) electrons. The first-order valence-corrected chi connectivity index (χ1v) is 10.1. The predicted molar refractivity (Wildman–Crippen MR) is 96.9 cm³/mol. The maximum atomic E-state index is 11.9. The molecule has 0 unspecified atom stereocenters. The molecule has 3 nitrogen and oxygen atoms in total. The van der Waals surface area contributed by atoms with E-state index < -0.39 is 0 Å². The number of rotatable bonds is 1. The molecule has 0 heterocycles. The maximum absolute atomic E-state index is 11.9. The number of esters is 1. The molecule has 0 saturated heterocycles. The van der Waals surface area contributed by atoms with Gasteiger partial charge in [0.1, 0.15) is 5.60 Å². The van der Waals surface area contributed by atoms with Crippen LogP contribution in [0.2, 0.25) is 0 Å². The van der Waals surface area contributed by atoms with Crippen LogP contribution in [0.3, 0.4) is 0 Å². The molecule has 0 aromatic rings. The van der Waals surface area contributed by atoms with Gasteiger partial charge in [0.05, 0.1) is 0 Å². The van der Waals surface area contributed by atoms with Gasteiger partial charge in [-0.15, -0.1) is 0 Å². The van der Waals surface area contributed by atoms with Gasteiger partial charge in [0.25, 0.3) is 0 Å². The van der Waals surface area contributed by atoms with E-state index >= 15 is 0 Å². The topological polar surface area (TPSA) is 43.4 Å². The number of carbonyl (C=O) groups is 2. The molecule has 3 fully saturated rings. The fourth-order valence-corrected chi connectivity index (χ4v) is 7.27. The third-order valence-electron chi connectivity index (χ3n) is 8.86. The fourth-order valence-electron chi connectivity index (χ4n) is 7.27. The van der Waals surface area contributed by atoms with Crippen molar-refractivity contribution in [2.24, 2.45) is 28.6 Å². The van der Waals surface area contributed by atoms with E-state index in [0.29, 0.717) is 23.5 Å². The van der Waals surface area contributed by atoms with Gasteiger partial charge in [-0.25, -0.2) is 0 Å². The minimum atomic E-state index is -0.311. The summed E-state index contributed by atoms with van der Waals surface area (Å²) in [6.45, 7) is 8.52. The first-order chi connectivity index (χ1) is 11.7. The Kier molecular flexibility index (Phi) is 3.76. The van der Waals surface area contributed by atoms with Gasteiger partial charge in [-0.05, 0) is 81.1 Å². The molecule has 3 heteroatoms. The summed E-state index contributed by atoms with van der Waals surface area (Å²) in [4.78, 5) is 23.6. The average Bonchev–Trinajstić information content (AvgIpc) is 2.79. The molecule has 3 saturated carbocycles. The van der Waals surface area contributed by atoms with E-state index in [1.165, 1.54) is 24.8 Å². The highest BCUT2D eigenvalue weighted by Crippen LogP contribution is 2.68. The van der Waals surface area contributed by atoms with Gasteiger partial charge in [-0.3, -0.25) is 9.59 Å². The van der Waals surface area contributed by atoms with Crippen LogP contribution in [0, 0.1) is 28.6 Å². The molecule has 138 valence electrons. The Morgan fingerprint density at radius 3 is 2.48 bits per heavy atom. The number of hydrogen-bond acceptors (Lipinski definition) is 3. The monoisotopic (exact) mass is 344 g/mol. The van der Waals surface area contributed by atoms with Crippen LogP contribution in [-0.4, -0.2) is 17.4 Å². The minimum Gasteiger partial charge on any atom is -0.459 e. The van der Waals surface area contributed by atoms with Crippen molar-refractivity contribution in [3.8, 4) is 0 Å². The number of allylic oxidation sites excluding steroid dienone is 1. The fraction of sp³-hybridized carbons (Fsp3) is 0.818. The zero-order chi connectivity index (χ0) is 18.0. The van der Waals surface area contributed by atoms with Crippen molar-refractivity contribution in [1.29, 1.82) is 0 Å². The maximum Gasteiger partial charge on any atom is 0.303 e. The van der Waals surface area contributed by atoms with E-state index in [1.54, 1.807) is 6.92 Å². The highest BCUT2D eigenvalue weighted by Gasteiger charge is 2.64. The van der Waals surface area contributed by atoms with Gasteiger partial charge in [-0.1, -0.05) is 19.4 Å². The van der Waals surface area contributed by atoms with Crippen molar-refractivity contribution in [2.75, 3.05) is 0 Å². The third kappa shape index (κ3) is 2.30. The summed E-state index contributed by atoms with van der Waals surface area (Å²) >= 11 is 0. The lowest BCUT2D eigenvalue weighted by Gasteiger charge is -2.59. The largest absolute Gasteiger partial charge is 0.459 e. The summed E-state index contributed by atoms with van der Waals surface area (Å²) in [6, 6.07) is 0. The van der Waals surface area contributed by atoms with Crippen LogP contribution in [0.1, 0.15) is 79.1 Å². The van der Waals surface area contributed by atoms with Gasteiger partial charge in [-0.2, -0.15) is 0 Å². The number of ketones is 1. The Labute approximate surface area is 151 Å². The average molecular weight is 344 g/mol. The molecular weight excluding hydrogens is 312 g/mol. The van der Waals surface area contributed by atoms with Crippen molar-refractivity contribution in [2.45, 2.75) is 84.7 Å². The van der Waals surface area contributed by atoms with Crippen molar-refractivity contribution in [3.05, 3.63) is 11.6 Å². The highest BCUT2D eigenvalue weighted by atomic mass is 16.6. The van der Waals surface area contributed by atoms with Crippen molar-refractivity contribution in [3.63, 3.8) is 0 Å². The number of ether oxygens (including phenoxy) is 1. The van der Waals surface area contributed by atoms with Crippen LogP contribution in [0.15, 0.2) is 11.6 Å². The second kappa shape index (κ2) is 5.44. The molecular formula is C22H32O3. The Morgan fingerprint density at radius 1 is 1.04 bits per heavy atom. The molecule has 6 atom stereocenters. The Bertz CT molecular complexity index is 650. The predicted octanol–water partition coefficient (Wildman–Crippen LogP) is 4.84. The molecule has 0 bridgehead atoms. The second-order valence-corrected chi connectivity index (χ2v) is 9.79. The first-order valence-electron chi connectivity index (χ1n) is 10.1. The Balaban J connectivity index is 1.66. The molecule has 0 amide bonds. The lowest BCUT2D eigenvalue weighted by molar-refractivity contribution is -0.177. The molecule has 0 aliphatic heterocycles. The number of hydrogen-bond donors (Lipinski definition) is 0. The van der Waals surface area contributed by atoms with Gasteiger partial charge < -0.3 is 4.74 Å². The zero-order valence-electron chi connectivity index (χ0n) is 16.2. The van der Waals surface area contributed by atoms with E-state index in [4.69, 9.17) is 4.74 Å². The van der Waals surface area contributed by atoms with E-state index in [0.717, 1.165) is 32.1 Å². The van der Waals surface area contributed by atoms with Gasteiger partial charge in [0, 0.05) is 18.8 Å². The molecule has 0 aromatic carbocycles. The van der Waals surface area contributed by atoms with Gasteiger partial charge in [0.15, 0.2) is 5.78 Å². The third-order valence-corrected chi connectivity index (χ3v) is 8.86. The smallest absolute Gasteiger partial charge is 0.303 e. The lowest BCUT2D eigenvalue weighted by atomic mass is 9.46. The minimum absolute atomic E-state index is 0.0991. The summed E-state index contributed by atoms with van der Waals surface area (Å²) in [5.41, 5.74) is 1.43. The first kappa shape index (κ1) is 17.3. The quantitative estimate of drug-likeness (QED) is 0.639. The number of carbonyl (C=O) groups excluding carboxylic acids is 2. The molecule has 0 N–H and O–H groups in total. The van der Waals surface area contributed by atoms with Crippen molar-refractivity contribution >= 4 is 11.8 Å². The summed E-state index contributed by atoms with van der Waals surface area (Å²) in [5.74, 6) is 2.24. The standard InChI is InChI=1S/C22H32O3/c1-14(23)25-22(4)12-9-19-17-6-5-15-13-16(24)7-10-20(15,2)18(17)8-11-21(19,22)3/h13,17-19H,5-12H2,1-4H3/t17-,18+,19-,20-,21-,22-/m0/s1. The highest BCUT2D eigenvalue weighted by molar-refractivity contribution is 5.91. The van der Waals surface area contributed by atoms with Crippen LogP contribution < -0.4 is 0 Å². The summed E-state index contributed by atoms with van der Waals surface area (Å²) in [6.07, 6.45) is 10.5. The number of fused-ring (bicyclic) bond motifs is 5. The van der Waals surface area contributed by atoms with Crippen LogP contribution in [-0.2, 0) is 14.3 Å². The van der Waals surface area contributed by atoms with E-state index in [-0.39, 0.29) is 22.4 Å². The summed E-state index contributed by atoms with van der Waals surface area (Å²) in [7, 11) is 0.